The van der Waals surface area contributed by atoms with E-state index in [4.69, 9.17) is 0 Å². The van der Waals surface area contributed by atoms with Crippen molar-refractivity contribution in [2.75, 3.05) is 13.1 Å². The lowest BCUT2D eigenvalue weighted by molar-refractivity contribution is -0.124. The second kappa shape index (κ2) is 10.4. The third-order valence-electron chi connectivity index (χ3n) is 4.81. The summed E-state index contributed by atoms with van der Waals surface area (Å²) in [5.74, 6) is 0.303. The van der Waals surface area contributed by atoms with Crippen molar-refractivity contribution in [3.8, 4) is 0 Å². The molecule has 1 aromatic rings. The Kier molecular flexibility index (Phi) is 9.21. The van der Waals surface area contributed by atoms with E-state index in [0.717, 1.165) is 18.5 Å². The summed E-state index contributed by atoms with van der Waals surface area (Å²) in [6.45, 7) is 9.63. The Morgan fingerprint density at radius 3 is 2.44 bits per heavy atom. The van der Waals surface area contributed by atoms with E-state index in [9.17, 15) is 13.2 Å². The molecule has 1 saturated heterocycles. The molecule has 154 valence electrons. The number of carbonyl (C=O) groups excluding carboxylic acids is 1. The summed E-state index contributed by atoms with van der Waals surface area (Å²) in [6, 6.07) is 5.87. The standard InChI is InChI=1S/C19H31N3O3S.ClH/c1-13(2)11-17(19(23)21-18-12-20-10-9-15(18)4)22-26(24,25)16-7-5-14(3)6-8-16;/h5-8,13,15,17-18,20,22H,9-12H2,1-4H3,(H,21,23);1H. The molecule has 8 heteroatoms. The quantitative estimate of drug-likeness (QED) is 0.634. The van der Waals surface area contributed by atoms with Gasteiger partial charge in [-0.3, -0.25) is 4.79 Å². The first-order valence-corrected chi connectivity index (χ1v) is 10.8. The Morgan fingerprint density at radius 2 is 1.89 bits per heavy atom. The molecule has 1 amide bonds. The van der Waals surface area contributed by atoms with Crippen molar-refractivity contribution in [2.24, 2.45) is 11.8 Å². The molecule has 3 N–H and O–H groups in total. The number of piperidine rings is 1. The van der Waals surface area contributed by atoms with E-state index < -0.39 is 16.1 Å². The molecule has 1 aromatic carbocycles. The number of benzene rings is 1. The van der Waals surface area contributed by atoms with Gasteiger partial charge in [0.2, 0.25) is 15.9 Å². The molecule has 3 unspecified atom stereocenters. The van der Waals surface area contributed by atoms with Crippen LogP contribution in [-0.2, 0) is 14.8 Å². The van der Waals surface area contributed by atoms with Crippen molar-refractivity contribution in [1.29, 1.82) is 0 Å². The van der Waals surface area contributed by atoms with E-state index in [1.807, 2.05) is 20.8 Å². The summed E-state index contributed by atoms with van der Waals surface area (Å²) < 4.78 is 28.0. The van der Waals surface area contributed by atoms with E-state index in [1.165, 1.54) is 0 Å². The lowest BCUT2D eigenvalue weighted by atomic mass is 9.94. The van der Waals surface area contributed by atoms with E-state index in [1.54, 1.807) is 24.3 Å². The molecule has 0 saturated carbocycles. The molecule has 0 aliphatic carbocycles. The largest absolute Gasteiger partial charge is 0.350 e. The summed E-state index contributed by atoms with van der Waals surface area (Å²) in [5.41, 5.74) is 0.985. The van der Waals surface area contributed by atoms with Crippen LogP contribution in [0.3, 0.4) is 0 Å². The van der Waals surface area contributed by atoms with Crippen molar-refractivity contribution >= 4 is 28.3 Å². The summed E-state index contributed by atoms with van der Waals surface area (Å²) in [6.07, 6.45) is 1.44. The van der Waals surface area contributed by atoms with E-state index in [-0.39, 0.29) is 35.2 Å². The number of halogens is 1. The highest BCUT2D eigenvalue weighted by Gasteiger charge is 2.30. The normalized spacial score (nSPS) is 21.4. The Balaban J connectivity index is 0.00000364. The first kappa shape index (κ1) is 23.9. The van der Waals surface area contributed by atoms with Gasteiger partial charge in [-0.2, -0.15) is 4.72 Å². The lowest BCUT2D eigenvalue weighted by Crippen LogP contribution is -2.55. The predicted octanol–water partition coefficient (Wildman–Crippen LogP) is 2.22. The first-order valence-electron chi connectivity index (χ1n) is 9.29. The van der Waals surface area contributed by atoms with Gasteiger partial charge in [0.1, 0.15) is 6.04 Å². The fourth-order valence-corrected chi connectivity index (χ4v) is 4.33. The molecule has 2 rings (SSSR count). The summed E-state index contributed by atoms with van der Waals surface area (Å²) in [4.78, 5) is 13.0. The molecular formula is C19H32ClN3O3S. The van der Waals surface area contributed by atoms with Gasteiger partial charge in [0.15, 0.2) is 0 Å². The Hall–Kier alpha value is -1.15. The van der Waals surface area contributed by atoms with Gasteiger partial charge in [-0.25, -0.2) is 8.42 Å². The van der Waals surface area contributed by atoms with E-state index in [0.29, 0.717) is 18.9 Å². The van der Waals surface area contributed by atoms with Crippen LogP contribution in [0.5, 0.6) is 0 Å². The Bertz CT molecular complexity index is 707. The van der Waals surface area contributed by atoms with Crippen molar-refractivity contribution in [3.05, 3.63) is 29.8 Å². The highest BCUT2D eigenvalue weighted by atomic mass is 35.5. The number of hydrogen-bond acceptors (Lipinski definition) is 4. The van der Waals surface area contributed by atoms with Crippen LogP contribution in [0.2, 0.25) is 0 Å². The molecule has 3 atom stereocenters. The molecule has 0 bridgehead atoms. The van der Waals surface area contributed by atoms with Gasteiger partial charge in [0.05, 0.1) is 4.90 Å². The third-order valence-corrected chi connectivity index (χ3v) is 6.30. The molecule has 0 spiro atoms. The lowest BCUT2D eigenvalue weighted by Gasteiger charge is -2.32. The van der Waals surface area contributed by atoms with Crippen molar-refractivity contribution < 1.29 is 13.2 Å². The van der Waals surface area contributed by atoms with Crippen LogP contribution in [0.4, 0.5) is 0 Å². The monoisotopic (exact) mass is 417 g/mol. The smallest absolute Gasteiger partial charge is 0.241 e. The SMILES string of the molecule is Cc1ccc(S(=O)(=O)NC(CC(C)C)C(=O)NC2CNCCC2C)cc1.Cl. The molecule has 0 radical (unpaired) electrons. The average Bonchev–Trinajstić information content (AvgIpc) is 2.56. The highest BCUT2D eigenvalue weighted by Crippen LogP contribution is 2.15. The zero-order valence-corrected chi connectivity index (χ0v) is 18.1. The maximum atomic E-state index is 12.8. The minimum Gasteiger partial charge on any atom is -0.350 e. The zero-order valence-electron chi connectivity index (χ0n) is 16.5. The molecule has 1 fully saturated rings. The predicted molar refractivity (Wildman–Crippen MR) is 111 cm³/mol. The van der Waals surface area contributed by atoms with Gasteiger partial charge < -0.3 is 10.6 Å². The maximum absolute atomic E-state index is 12.8. The van der Waals surface area contributed by atoms with Crippen molar-refractivity contribution in [1.82, 2.24) is 15.4 Å². The van der Waals surface area contributed by atoms with Gasteiger partial charge >= 0.3 is 0 Å². The summed E-state index contributed by atoms with van der Waals surface area (Å²) >= 11 is 0. The molecule has 1 aliphatic heterocycles. The number of aryl methyl sites for hydroxylation is 1. The van der Waals surface area contributed by atoms with E-state index in [2.05, 4.69) is 22.3 Å². The highest BCUT2D eigenvalue weighted by molar-refractivity contribution is 7.89. The van der Waals surface area contributed by atoms with Gasteiger partial charge in [0.25, 0.3) is 0 Å². The van der Waals surface area contributed by atoms with Crippen molar-refractivity contribution in [2.45, 2.75) is 57.5 Å². The second-order valence-electron chi connectivity index (χ2n) is 7.70. The number of hydrogen-bond donors (Lipinski definition) is 3. The number of carbonyl (C=O) groups is 1. The van der Waals surface area contributed by atoms with Crippen molar-refractivity contribution in [3.63, 3.8) is 0 Å². The maximum Gasteiger partial charge on any atom is 0.241 e. The molecule has 6 nitrogen and oxygen atoms in total. The minimum atomic E-state index is -3.75. The number of amides is 1. The van der Waals surface area contributed by atoms with Crippen LogP contribution in [-0.4, -0.2) is 39.5 Å². The van der Waals surface area contributed by atoms with Crippen LogP contribution < -0.4 is 15.4 Å². The van der Waals surface area contributed by atoms with Crippen LogP contribution in [0.1, 0.15) is 39.2 Å². The van der Waals surface area contributed by atoms with Crippen LogP contribution in [0.25, 0.3) is 0 Å². The molecule has 1 heterocycles. The number of sulfonamides is 1. The second-order valence-corrected chi connectivity index (χ2v) is 9.42. The average molecular weight is 418 g/mol. The fraction of sp³-hybridized carbons (Fsp3) is 0.632. The van der Waals surface area contributed by atoms with Crippen LogP contribution in [0, 0.1) is 18.8 Å². The van der Waals surface area contributed by atoms with Gasteiger partial charge in [-0.15, -0.1) is 12.4 Å². The molecule has 0 aromatic heterocycles. The molecule has 1 aliphatic rings. The van der Waals surface area contributed by atoms with Gasteiger partial charge in [-0.1, -0.05) is 38.5 Å². The molecular weight excluding hydrogens is 386 g/mol. The first-order chi connectivity index (χ1) is 12.2. The Labute approximate surface area is 169 Å². The van der Waals surface area contributed by atoms with Gasteiger partial charge in [0, 0.05) is 12.6 Å². The van der Waals surface area contributed by atoms with E-state index >= 15 is 0 Å². The van der Waals surface area contributed by atoms with Crippen LogP contribution in [0.15, 0.2) is 29.2 Å². The summed E-state index contributed by atoms with van der Waals surface area (Å²) in [7, 11) is -3.75. The van der Waals surface area contributed by atoms with Gasteiger partial charge in [-0.05, 0) is 50.3 Å². The summed E-state index contributed by atoms with van der Waals surface area (Å²) in [5, 5.41) is 6.31. The third kappa shape index (κ3) is 7.07. The zero-order chi connectivity index (χ0) is 19.3. The topological polar surface area (TPSA) is 87.3 Å². The minimum absolute atomic E-state index is 0. The molecule has 27 heavy (non-hydrogen) atoms. The van der Waals surface area contributed by atoms with Crippen LogP contribution >= 0.6 is 12.4 Å². The number of nitrogens with one attached hydrogen (secondary N) is 3. The number of rotatable bonds is 7. The fourth-order valence-electron chi connectivity index (χ4n) is 3.12. The Morgan fingerprint density at radius 1 is 1.26 bits per heavy atom.